The first-order valence-corrected chi connectivity index (χ1v) is 7.46. The van der Waals surface area contributed by atoms with Gasteiger partial charge in [-0.1, -0.05) is 6.92 Å². The Bertz CT molecular complexity index is 515. The molecule has 1 aromatic carbocycles. The third-order valence-corrected chi connectivity index (χ3v) is 4.51. The lowest BCUT2D eigenvalue weighted by Gasteiger charge is -2.47. The fourth-order valence-corrected chi connectivity index (χ4v) is 3.16. The number of sulfonamides is 1. The largest absolute Gasteiger partial charge is 0.368 e. The predicted octanol–water partition coefficient (Wildman–Crippen LogP) is 0.522. The summed E-state index contributed by atoms with van der Waals surface area (Å²) in [5.74, 6) is 0. The highest BCUT2D eigenvalue weighted by atomic mass is 32.2. The number of anilines is 1. The summed E-state index contributed by atoms with van der Waals surface area (Å²) in [5.41, 5.74) is 6.82. The SMILES string of the molecule is CCNS(=O)(=O)c1ccc(N2CC(C)(N)C2)cc1. The minimum atomic E-state index is -3.36. The van der Waals surface area contributed by atoms with Crippen molar-refractivity contribution in [1.29, 1.82) is 0 Å². The Kier molecular flexibility index (Phi) is 3.35. The standard InChI is InChI=1S/C12H19N3O2S/c1-3-14-18(16,17)11-6-4-10(5-7-11)15-8-12(2,13)9-15/h4-7,14H,3,8-9,13H2,1-2H3. The normalized spacial score (nSPS) is 18.5. The Morgan fingerprint density at radius 3 is 2.33 bits per heavy atom. The average molecular weight is 269 g/mol. The molecule has 1 heterocycles. The van der Waals surface area contributed by atoms with Crippen molar-refractivity contribution in [3.05, 3.63) is 24.3 Å². The van der Waals surface area contributed by atoms with E-state index in [2.05, 4.69) is 9.62 Å². The van der Waals surface area contributed by atoms with Gasteiger partial charge in [0.1, 0.15) is 0 Å². The zero-order valence-electron chi connectivity index (χ0n) is 10.7. The summed E-state index contributed by atoms with van der Waals surface area (Å²) in [6.45, 7) is 5.75. The summed E-state index contributed by atoms with van der Waals surface area (Å²) in [4.78, 5) is 2.42. The van der Waals surface area contributed by atoms with Gasteiger partial charge < -0.3 is 10.6 Å². The number of rotatable bonds is 4. The van der Waals surface area contributed by atoms with Gasteiger partial charge >= 0.3 is 0 Å². The van der Waals surface area contributed by atoms with Crippen LogP contribution in [0.5, 0.6) is 0 Å². The lowest BCUT2D eigenvalue weighted by Crippen LogP contribution is -2.65. The van der Waals surface area contributed by atoms with Crippen LogP contribution in [0.25, 0.3) is 0 Å². The summed E-state index contributed by atoms with van der Waals surface area (Å²) in [7, 11) is -3.36. The molecule has 2 rings (SSSR count). The summed E-state index contributed by atoms with van der Waals surface area (Å²) in [6.07, 6.45) is 0. The molecule has 3 N–H and O–H groups in total. The van der Waals surface area contributed by atoms with Crippen molar-refractivity contribution < 1.29 is 8.42 Å². The second-order valence-corrected chi connectivity index (χ2v) is 6.77. The molecular weight excluding hydrogens is 250 g/mol. The lowest BCUT2D eigenvalue weighted by atomic mass is 9.93. The highest BCUT2D eigenvalue weighted by Gasteiger charge is 2.34. The third-order valence-electron chi connectivity index (χ3n) is 2.95. The van der Waals surface area contributed by atoms with Crippen LogP contribution in [0, 0.1) is 0 Å². The summed E-state index contributed by atoms with van der Waals surface area (Å²) < 4.78 is 26.0. The molecule has 18 heavy (non-hydrogen) atoms. The molecule has 1 aromatic rings. The quantitative estimate of drug-likeness (QED) is 0.835. The van der Waals surface area contributed by atoms with E-state index in [-0.39, 0.29) is 5.54 Å². The van der Waals surface area contributed by atoms with Crippen molar-refractivity contribution in [2.75, 3.05) is 24.5 Å². The van der Waals surface area contributed by atoms with Crippen LogP contribution in [0.4, 0.5) is 5.69 Å². The summed E-state index contributed by atoms with van der Waals surface area (Å²) in [6, 6.07) is 6.89. The Morgan fingerprint density at radius 1 is 1.33 bits per heavy atom. The lowest BCUT2D eigenvalue weighted by molar-refractivity contribution is 0.365. The monoisotopic (exact) mass is 269 g/mol. The Morgan fingerprint density at radius 2 is 1.89 bits per heavy atom. The van der Waals surface area contributed by atoms with E-state index in [1.54, 1.807) is 19.1 Å². The molecule has 1 saturated heterocycles. The molecule has 0 aliphatic carbocycles. The van der Waals surface area contributed by atoms with E-state index in [1.165, 1.54) is 0 Å². The van der Waals surface area contributed by atoms with Crippen molar-refractivity contribution in [2.24, 2.45) is 5.73 Å². The van der Waals surface area contributed by atoms with Gasteiger partial charge in [-0.3, -0.25) is 0 Å². The molecular formula is C12H19N3O2S. The van der Waals surface area contributed by atoms with Crippen LogP contribution < -0.4 is 15.4 Å². The van der Waals surface area contributed by atoms with Crippen LogP contribution in [0.1, 0.15) is 13.8 Å². The molecule has 100 valence electrons. The summed E-state index contributed by atoms with van der Waals surface area (Å²) >= 11 is 0. The Labute approximate surface area is 108 Å². The van der Waals surface area contributed by atoms with E-state index >= 15 is 0 Å². The van der Waals surface area contributed by atoms with Gasteiger partial charge in [0.25, 0.3) is 0 Å². The van der Waals surface area contributed by atoms with Gasteiger partial charge in [-0.15, -0.1) is 0 Å². The van der Waals surface area contributed by atoms with E-state index in [9.17, 15) is 8.42 Å². The van der Waals surface area contributed by atoms with Gasteiger partial charge in [-0.2, -0.15) is 0 Å². The molecule has 1 aliphatic heterocycles. The zero-order chi connectivity index (χ0) is 13.4. The van der Waals surface area contributed by atoms with Crippen LogP contribution >= 0.6 is 0 Å². The van der Waals surface area contributed by atoms with Crippen molar-refractivity contribution in [3.8, 4) is 0 Å². The number of hydrogen-bond donors (Lipinski definition) is 2. The number of hydrogen-bond acceptors (Lipinski definition) is 4. The fraction of sp³-hybridized carbons (Fsp3) is 0.500. The number of nitrogens with zero attached hydrogens (tertiary/aromatic N) is 1. The molecule has 5 nitrogen and oxygen atoms in total. The molecule has 0 amide bonds. The molecule has 0 bridgehead atoms. The molecule has 0 atom stereocenters. The smallest absolute Gasteiger partial charge is 0.240 e. The van der Waals surface area contributed by atoms with Crippen LogP contribution in [0.2, 0.25) is 0 Å². The topological polar surface area (TPSA) is 75.4 Å². The van der Waals surface area contributed by atoms with E-state index in [1.807, 2.05) is 19.1 Å². The first-order chi connectivity index (χ1) is 8.34. The second-order valence-electron chi connectivity index (χ2n) is 5.01. The van der Waals surface area contributed by atoms with Crippen LogP contribution in [-0.2, 0) is 10.0 Å². The van der Waals surface area contributed by atoms with Gasteiger partial charge in [0, 0.05) is 30.9 Å². The Hall–Kier alpha value is -1.11. The third kappa shape index (κ3) is 2.66. The maximum Gasteiger partial charge on any atom is 0.240 e. The van der Waals surface area contributed by atoms with Crippen LogP contribution in [0.15, 0.2) is 29.2 Å². The first kappa shape index (κ1) is 13.3. The highest BCUT2D eigenvalue weighted by Crippen LogP contribution is 2.26. The van der Waals surface area contributed by atoms with Gasteiger partial charge in [0.15, 0.2) is 0 Å². The minimum Gasteiger partial charge on any atom is -0.368 e. The number of nitrogens with two attached hydrogens (primary N) is 1. The number of nitrogens with one attached hydrogen (secondary N) is 1. The molecule has 0 spiro atoms. The van der Waals surface area contributed by atoms with Crippen molar-refractivity contribution in [3.63, 3.8) is 0 Å². The fourth-order valence-electron chi connectivity index (χ4n) is 2.12. The maximum atomic E-state index is 11.8. The van der Waals surface area contributed by atoms with Crippen molar-refractivity contribution in [2.45, 2.75) is 24.3 Å². The Balaban J connectivity index is 2.12. The molecule has 0 saturated carbocycles. The minimum absolute atomic E-state index is 0.130. The van der Waals surface area contributed by atoms with Gasteiger partial charge in [-0.05, 0) is 31.2 Å². The van der Waals surface area contributed by atoms with Gasteiger partial charge in [0.2, 0.25) is 10.0 Å². The van der Waals surface area contributed by atoms with Crippen LogP contribution in [-0.4, -0.2) is 33.6 Å². The van der Waals surface area contributed by atoms with Crippen molar-refractivity contribution in [1.82, 2.24) is 4.72 Å². The maximum absolute atomic E-state index is 11.8. The second kappa shape index (κ2) is 4.53. The molecule has 0 radical (unpaired) electrons. The summed E-state index contributed by atoms with van der Waals surface area (Å²) in [5, 5.41) is 0. The molecule has 0 aromatic heterocycles. The average Bonchev–Trinajstić information content (AvgIpc) is 2.26. The van der Waals surface area contributed by atoms with E-state index in [0.717, 1.165) is 18.8 Å². The molecule has 1 aliphatic rings. The van der Waals surface area contributed by atoms with E-state index in [0.29, 0.717) is 11.4 Å². The zero-order valence-corrected chi connectivity index (χ0v) is 11.5. The van der Waals surface area contributed by atoms with Crippen molar-refractivity contribution >= 4 is 15.7 Å². The first-order valence-electron chi connectivity index (χ1n) is 5.98. The molecule has 6 heteroatoms. The predicted molar refractivity (Wildman–Crippen MR) is 72.1 cm³/mol. The van der Waals surface area contributed by atoms with Gasteiger partial charge in [-0.25, -0.2) is 13.1 Å². The van der Waals surface area contributed by atoms with Gasteiger partial charge in [0.05, 0.1) is 4.90 Å². The molecule has 0 unspecified atom stereocenters. The van der Waals surface area contributed by atoms with E-state index < -0.39 is 10.0 Å². The number of benzene rings is 1. The highest BCUT2D eigenvalue weighted by molar-refractivity contribution is 7.89. The molecule has 1 fully saturated rings. The van der Waals surface area contributed by atoms with E-state index in [4.69, 9.17) is 5.73 Å². The van der Waals surface area contributed by atoms with Crippen LogP contribution in [0.3, 0.4) is 0 Å².